The smallest absolute Gasteiger partial charge is 0.422 e. The van der Waals surface area contributed by atoms with Crippen LogP contribution in [0.3, 0.4) is 0 Å². The van der Waals surface area contributed by atoms with Crippen LogP contribution in [0, 0.1) is 0 Å². The molecule has 7 heteroatoms. The van der Waals surface area contributed by atoms with Crippen molar-refractivity contribution in [1.29, 1.82) is 0 Å². The van der Waals surface area contributed by atoms with E-state index in [0.717, 1.165) is 37.7 Å². The normalized spacial score (nSPS) is 12.7. The number of benzene rings is 2. The fraction of sp³-hybridized carbons (Fsp3) is 0.346. The van der Waals surface area contributed by atoms with Gasteiger partial charge in [-0.1, -0.05) is 45.9 Å². The van der Waals surface area contributed by atoms with Gasteiger partial charge in [-0.15, -0.1) is 11.3 Å². The van der Waals surface area contributed by atoms with Crippen molar-refractivity contribution < 1.29 is 27.8 Å². The molecule has 0 fully saturated rings. The zero-order valence-corrected chi connectivity index (χ0v) is 20.0. The third-order valence-corrected chi connectivity index (χ3v) is 6.62. The van der Waals surface area contributed by atoms with Crippen molar-refractivity contribution in [3.05, 3.63) is 58.5 Å². The molecule has 1 aromatic heterocycles. The first-order valence-corrected chi connectivity index (χ1v) is 11.5. The van der Waals surface area contributed by atoms with E-state index in [1.54, 1.807) is 6.92 Å². The maximum absolute atomic E-state index is 13.1. The Morgan fingerprint density at radius 1 is 1.09 bits per heavy atom. The molecule has 0 spiro atoms. The summed E-state index contributed by atoms with van der Waals surface area (Å²) in [6, 6.07) is 11.4. The number of carboxylic acid groups (broad SMARTS) is 1. The Labute approximate surface area is 195 Å². The van der Waals surface area contributed by atoms with Gasteiger partial charge >= 0.3 is 12.1 Å². The van der Waals surface area contributed by atoms with Crippen LogP contribution in [0.5, 0.6) is 5.75 Å². The quantitative estimate of drug-likeness (QED) is 0.349. The molecule has 0 amide bonds. The highest BCUT2D eigenvalue weighted by atomic mass is 32.1. The predicted molar refractivity (Wildman–Crippen MR) is 128 cm³/mol. The summed E-state index contributed by atoms with van der Waals surface area (Å²) in [5, 5.41) is 9.95. The molecule has 0 radical (unpaired) electrons. The van der Waals surface area contributed by atoms with E-state index in [1.807, 2.05) is 64.1 Å². The summed E-state index contributed by atoms with van der Waals surface area (Å²) in [6.07, 6.45) is -3.30. The number of rotatable bonds is 7. The van der Waals surface area contributed by atoms with Gasteiger partial charge in [0.1, 0.15) is 5.75 Å². The minimum absolute atomic E-state index is 0.0383. The number of allylic oxidation sites excluding steroid dienone is 1. The van der Waals surface area contributed by atoms with E-state index in [-0.39, 0.29) is 17.6 Å². The monoisotopic (exact) mass is 476 g/mol. The summed E-state index contributed by atoms with van der Waals surface area (Å²) < 4.78 is 45.6. The maximum Gasteiger partial charge on any atom is 0.422 e. The van der Waals surface area contributed by atoms with Crippen LogP contribution in [0.15, 0.2) is 42.5 Å². The van der Waals surface area contributed by atoms with Crippen LogP contribution >= 0.6 is 11.3 Å². The van der Waals surface area contributed by atoms with Gasteiger partial charge in [0, 0.05) is 26.6 Å². The topological polar surface area (TPSA) is 46.5 Å². The number of aliphatic carboxylic acids is 1. The largest absolute Gasteiger partial charge is 0.483 e. The Balaban J connectivity index is 2.29. The third kappa shape index (κ3) is 5.77. The van der Waals surface area contributed by atoms with E-state index < -0.39 is 18.8 Å². The van der Waals surface area contributed by atoms with Gasteiger partial charge < -0.3 is 9.84 Å². The Morgan fingerprint density at radius 3 is 2.36 bits per heavy atom. The lowest BCUT2D eigenvalue weighted by Crippen LogP contribution is -2.20. The minimum Gasteiger partial charge on any atom is -0.483 e. The fourth-order valence-corrected chi connectivity index (χ4v) is 4.76. The SMILES string of the molecule is C/C(=C/C(=O)O)c1cc2c(-c3cc(C(C)C)cc(C(C)C)c3OCC(F)(F)F)cccc2s1. The van der Waals surface area contributed by atoms with Gasteiger partial charge in [-0.3, -0.25) is 0 Å². The molecular formula is C26H27F3O3S. The summed E-state index contributed by atoms with van der Waals surface area (Å²) in [5.74, 6) is -0.649. The molecule has 0 atom stereocenters. The summed E-state index contributed by atoms with van der Waals surface area (Å²) >= 11 is 1.45. The van der Waals surface area contributed by atoms with Crippen molar-refractivity contribution in [2.24, 2.45) is 0 Å². The molecule has 2 aromatic carbocycles. The molecule has 0 aliphatic rings. The molecule has 0 unspecified atom stereocenters. The number of halogens is 3. The van der Waals surface area contributed by atoms with Crippen LogP contribution < -0.4 is 4.74 Å². The van der Waals surface area contributed by atoms with Crippen LogP contribution in [0.4, 0.5) is 13.2 Å². The van der Waals surface area contributed by atoms with Crippen molar-refractivity contribution in [3.8, 4) is 16.9 Å². The Kier molecular flexibility index (Phi) is 7.22. The molecule has 3 rings (SSSR count). The highest BCUT2D eigenvalue weighted by Crippen LogP contribution is 2.44. The number of carbonyl (C=O) groups is 1. The van der Waals surface area contributed by atoms with Crippen molar-refractivity contribution in [3.63, 3.8) is 0 Å². The zero-order chi connectivity index (χ0) is 24.5. The van der Waals surface area contributed by atoms with E-state index in [0.29, 0.717) is 11.1 Å². The molecule has 33 heavy (non-hydrogen) atoms. The third-order valence-electron chi connectivity index (χ3n) is 5.39. The second-order valence-electron chi connectivity index (χ2n) is 8.69. The number of hydrogen-bond donors (Lipinski definition) is 1. The van der Waals surface area contributed by atoms with Crippen molar-refractivity contribution >= 4 is 33.0 Å². The Morgan fingerprint density at radius 2 is 1.79 bits per heavy atom. The maximum atomic E-state index is 13.1. The summed E-state index contributed by atoms with van der Waals surface area (Å²) in [5.41, 5.74) is 3.74. The predicted octanol–water partition coefficient (Wildman–Crippen LogP) is 8.24. The first-order chi connectivity index (χ1) is 15.4. The van der Waals surface area contributed by atoms with Gasteiger partial charge in [-0.2, -0.15) is 13.2 Å². The second kappa shape index (κ2) is 9.59. The zero-order valence-electron chi connectivity index (χ0n) is 19.2. The average molecular weight is 477 g/mol. The fourth-order valence-electron chi connectivity index (χ4n) is 3.70. The van der Waals surface area contributed by atoms with Crippen molar-refractivity contribution in [2.75, 3.05) is 6.61 Å². The van der Waals surface area contributed by atoms with Crippen molar-refractivity contribution in [1.82, 2.24) is 0 Å². The standard InChI is InChI=1S/C26H27F3O3S/c1-14(2)17-10-19(15(3)4)25(32-13-26(27,28)29)21(11-17)18-7-6-8-22-20(18)12-23(33-22)16(5)9-24(30)31/h6-12,14-15H,13H2,1-5H3,(H,30,31)/b16-9-. The summed E-state index contributed by atoms with van der Waals surface area (Å²) in [4.78, 5) is 11.9. The molecule has 176 valence electrons. The number of thiophene rings is 1. The first kappa shape index (κ1) is 24.8. The highest BCUT2D eigenvalue weighted by molar-refractivity contribution is 7.20. The van der Waals surface area contributed by atoms with Gasteiger partial charge in [0.2, 0.25) is 0 Å². The van der Waals surface area contributed by atoms with Gasteiger partial charge in [0.25, 0.3) is 0 Å². The van der Waals surface area contributed by atoms with E-state index >= 15 is 0 Å². The van der Waals surface area contributed by atoms with Crippen LogP contribution in [0.1, 0.15) is 62.5 Å². The minimum atomic E-state index is -4.46. The van der Waals surface area contributed by atoms with E-state index in [9.17, 15) is 18.0 Å². The molecule has 3 nitrogen and oxygen atoms in total. The van der Waals surface area contributed by atoms with Gasteiger partial charge in [0.05, 0.1) is 0 Å². The van der Waals surface area contributed by atoms with E-state index in [2.05, 4.69) is 0 Å². The molecule has 3 aromatic rings. The molecule has 0 saturated heterocycles. The van der Waals surface area contributed by atoms with Gasteiger partial charge in [0.15, 0.2) is 6.61 Å². The molecular weight excluding hydrogens is 449 g/mol. The Bertz CT molecular complexity index is 1200. The van der Waals surface area contributed by atoms with Gasteiger partial charge in [-0.25, -0.2) is 4.79 Å². The van der Waals surface area contributed by atoms with Crippen LogP contribution in [-0.2, 0) is 4.79 Å². The van der Waals surface area contributed by atoms with Crippen LogP contribution in [0.25, 0.3) is 26.8 Å². The lowest BCUT2D eigenvalue weighted by Gasteiger charge is -2.22. The molecule has 0 saturated carbocycles. The summed E-state index contributed by atoms with van der Waals surface area (Å²) in [6.45, 7) is 8.32. The molecule has 0 aliphatic carbocycles. The molecule has 1 N–H and O–H groups in total. The number of fused-ring (bicyclic) bond motifs is 1. The lowest BCUT2D eigenvalue weighted by molar-refractivity contribution is -0.153. The highest BCUT2D eigenvalue weighted by Gasteiger charge is 2.30. The van der Waals surface area contributed by atoms with E-state index in [4.69, 9.17) is 9.84 Å². The number of alkyl halides is 3. The molecule has 0 bridgehead atoms. The van der Waals surface area contributed by atoms with Gasteiger partial charge in [-0.05, 0) is 59.2 Å². The number of ether oxygens (including phenoxy) is 1. The number of carboxylic acids is 1. The van der Waals surface area contributed by atoms with E-state index in [1.165, 1.54) is 11.3 Å². The second-order valence-corrected chi connectivity index (χ2v) is 9.78. The number of hydrogen-bond acceptors (Lipinski definition) is 3. The summed E-state index contributed by atoms with van der Waals surface area (Å²) in [7, 11) is 0. The Hall–Kier alpha value is -2.80. The molecule has 0 aliphatic heterocycles. The molecule has 1 heterocycles. The first-order valence-electron chi connectivity index (χ1n) is 10.7. The average Bonchev–Trinajstić information content (AvgIpc) is 3.15. The lowest BCUT2D eigenvalue weighted by atomic mass is 9.88. The van der Waals surface area contributed by atoms with Crippen molar-refractivity contribution in [2.45, 2.75) is 52.6 Å². The van der Waals surface area contributed by atoms with Crippen LogP contribution in [-0.4, -0.2) is 23.9 Å². The van der Waals surface area contributed by atoms with Crippen LogP contribution in [0.2, 0.25) is 0 Å².